The first kappa shape index (κ1) is 15.8. The fraction of sp³-hybridized carbons (Fsp3) is 0.211. The van der Waals surface area contributed by atoms with Crippen LogP contribution >= 0.6 is 11.6 Å². The summed E-state index contributed by atoms with van der Waals surface area (Å²) in [6.07, 6.45) is 4.32. The first-order chi connectivity index (χ1) is 12.2. The van der Waals surface area contributed by atoms with E-state index in [1.165, 1.54) is 0 Å². The number of hydrogen-bond donors (Lipinski definition) is 1. The van der Waals surface area contributed by atoms with Gasteiger partial charge in [-0.1, -0.05) is 17.7 Å². The molecule has 3 heterocycles. The van der Waals surface area contributed by atoms with Crippen LogP contribution in [0.1, 0.15) is 16.9 Å². The smallest absolute Gasteiger partial charge is 0.272 e. The Morgan fingerprint density at radius 3 is 2.92 bits per heavy atom. The first-order valence-electron chi connectivity index (χ1n) is 8.22. The molecule has 1 aliphatic heterocycles. The fourth-order valence-electron chi connectivity index (χ4n) is 3.18. The van der Waals surface area contributed by atoms with Crippen molar-refractivity contribution in [2.45, 2.75) is 12.5 Å². The van der Waals surface area contributed by atoms with E-state index in [1.807, 2.05) is 41.3 Å². The number of nitrogens with zero attached hydrogens (tertiary/aromatic N) is 3. The first-order valence-corrected chi connectivity index (χ1v) is 8.59. The number of pyridine rings is 2. The summed E-state index contributed by atoms with van der Waals surface area (Å²) in [5, 5.41) is 5.21. The highest BCUT2D eigenvalue weighted by molar-refractivity contribution is 6.31. The largest absolute Gasteiger partial charge is 0.380 e. The Balaban J connectivity index is 1.50. The Labute approximate surface area is 150 Å². The highest BCUT2D eigenvalue weighted by atomic mass is 35.5. The Kier molecular flexibility index (Phi) is 4.24. The van der Waals surface area contributed by atoms with E-state index in [4.69, 9.17) is 11.6 Å². The van der Waals surface area contributed by atoms with Gasteiger partial charge < -0.3 is 10.2 Å². The second-order valence-corrected chi connectivity index (χ2v) is 6.55. The number of anilines is 1. The van der Waals surface area contributed by atoms with Gasteiger partial charge in [-0.15, -0.1) is 0 Å². The van der Waals surface area contributed by atoms with Crippen LogP contribution in [-0.2, 0) is 0 Å². The standard InChI is InChI=1S/C19H17ClN4O/c20-13-4-5-16-15(11-13)17(6-9-22-16)23-14-7-10-24(12-14)19(25)18-3-1-2-8-21-18/h1-6,8-9,11,14H,7,10,12H2,(H,22,23). The van der Waals surface area contributed by atoms with Gasteiger partial charge in [0, 0.05) is 47.6 Å². The molecule has 1 N–H and O–H groups in total. The molecule has 1 aliphatic rings. The molecular weight excluding hydrogens is 336 g/mol. The molecule has 3 aromatic rings. The number of amides is 1. The molecule has 6 heteroatoms. The normalized spacial score (nSPS) is 17.0. The van der Waals surface area contributed by atoms with Gasteiger partial charge in [-0.3, -0.25) is 14.8 Å². The Hall–Kier alpha value is -2.66. The average Bonchev–Trinajstić information content (AvgIpc) is 3.11. The number of aromatic nitrogens is 2. The maximum absolute atomic E-state index is 12.5. The van der Waals surface area contributed by atoms with Crippen LogP contribution in [0.25, 0.3) is 10.9 Å². The molecule has 1 saturated heterocycles. The van der Waals surface area contributed by atoms with E-state index >= 15 is 0 Å². The zero-order chi connectivity index (χ0) is 17.2. The van der Waals surface area contributed by atoms with Crippen molar-refractivity contribution in [3.63, 3.8) is 0 Å². The lowest BCUT2D eigenvalue weighted by Gasteiger charge is -2.18. The van der Waals surface area contributed by atoms with E-state index in [0.29, 0.717) is 17.3 Å². The maximum Gasteiger partial charge on any atom is 0.272 e. The van der Waals surface area contributed by atoms with Crippen LogP contribution in [0.3, 0.4) is 0 Å². The lowest BCUT2D eigenvalue weighted by atomic mass is 10.1. The summed E-state index contributed by atoms with van der Waals surface area (Å²) in [6, 6.07) is 13.2. The van der Waals surface area contributed by atoms with Crippen molar-refractivity contribution in [3.05, 3.63) is 65.6 Å². The zero-order valence-corrected chi connectivity index (χ0v) is 14.3. The summed E-state index contributed by atoms with van der Waals surface area (Å²) in [5.41, 5.74) is 2.38. The van der Waals surface area contributed by atoms with Crippen molar-refractivity contribution in [3.8, 4) is 0 Å². The molecule has 2 aromatic heterocycles. The summed E-state index contributed by atoms with van der Waals surface area (Å²) >= 11 is 6.12. The van der Waals surface area contributed by atoms with Crippen LogP contribution in [-0.4, -0.2) is 39.9 Å². The van der Waals surface area contributed by atoms with Crippen molar-refractivity contribution in [2.75, 3.05) is 18.4 Å². The van der Waals surface area contributed by atoms with Crippen LogP contribution in [0.4, 0.5) is 5.69 Å². The van der Waals surface area contributed by atoms with Crippen molar-refractivity contribution in [1.82, 2.24) is 14.9 Å². The number of benzene rings is 1. The molecule has 0 radical (unpaired) electrons. The number of likely N-dealkylation sites (tertiary alicyclic amines) is 1. The molecule has 1 amide bonds. The number of carbonyl (C=O) groups is 1. The van der Waals surface area contributed by atoms with Crippen LogP contribution in [0.5, 0.6) is 0 Å². The van der Waals surface area contributed by atoms with Crippen LogP contribution in [0.15, 0.2) is 54.9 Å². The minimum absolute atomic E-state index is 0.0208. The van der Waals surface area contributed by atoms with Gasteiger partial charge in [0.1, 0.15) is 5.69 Å². The Morgan fingerprint density at radius 2 is 2.08 bits per heavy atom. The highest BCUT2D eigenvalue weighted by Crippen LogP contribution is 2.27. The van der Waals surface area contributed by atoms with Gasteiger partial charge in [-0.05, 0) is 42.8 Å². The van der Waals surface area contributed by atoms with Crippen LogP contribution in [0, 0.1) is 0 Å². The van der Waals surface area contributed by atoms with E-state index in [9.17, 15) is 4.79 Å². The third-order valence-electron chi connectivity index (χ3n) is 4.42. The molecule has 0 saturated carbocycles. The van der Waals surface area contributed by atoms with Crippen molar-refractivity contribution < 1.29 is 4.79 Å². The lowest BCUT2D eigenvalue weighted by molar-refractivity contribution is 0.0786. The van der Waals surface area contributed by atoms with E-state index in [2.05, 4.69) is 15.3 Å². The van der Waals surface area contributed by atoms with Gasteiger partial charge in [0.2, 0.25) is 0 Å². The summed E-state index contributed by atoms with van der Waals surface area (Å²) in [7, 11) is 0. The fourth-order valence-corrected chi connectivity index (χ4v) is 3.35. The van der Waals surface area contributed by atoms with E-state index in [1.54, 1.807) is 18.5 Å². The number of fused-ring (bicyclic) bond motifs is 1. The van der Waals surface area contributed by atoms with Gasteiger partial charge in [-0.2, -0.15) is 0 Å². The van der Waals surface area contributed by atoms with Gasteiger partial charge >= 0.3 is 0 Å². The minimum atomic E-state index is -0.0208. The molecule has 5 nitrogen and oxygen atoms in total. The molecule has 4 rings (SSSR count). The molecule has 0 spiro atoms. The summed E-state index contributed by atoms with van der Waals surface area (Å²) in [4.78, 5) is 22.9. The quantitative estimate of drug-likeness (QED) is 0.782. The number of nitrogens with one attached hydrogen (secondary N) is 1. The van der Waals surface area contributed by atoms with Crippen molar-refractivity contribution in [1.29, 1.82) is 0 Å². The summed E-state index contributed by atoms with van der Waals surface area (Å²) in [6.45, 7) is 1.37. The second-order valence-electron chi connectivity index (χ2n) is 6.12. The van der Waals surface area contributed by atoms with E-state index in [0.717, 1.165) is 29.6 Å². The molecule has 25 heavy (non-hydrogen) atoms. The molecule has 1 unspecified atom stereocenters. The van der Waals surface area contributed by atoms with E-state index in [-0.39, 0.29) is 11.9 Å². The summed E-state index contributed by atoms with van der Waals surface area (Å²) in [5.74, 6) is -0.0208. The molecular formula is C19H17ClN4O. The number of halogens is 1. The van der Waals surface area contributed by atoms with Crippen molar-refractivity contribution in [2.24, 2.45) is 0 Å². The Morgan fingerprint density at radius 1 is 1.16 bits per heavy atom. The zero-order valence-electron chi connectivity index (χ0n) is 13.5. The highest BCUT2D eigenvalue weighted by Gasteiger charge is 2.27. The molecule has 0 aliphatic carbocycles. The minimum Gasteiger partial charge on any atom is -0.380 e. The lowest BCUT2D eigenvalue weighted by Crippen LogP contribution is -2.32. The SMILES string of the molecule is O=C(c1ccccn1)N1CCC(Nc2ccnc3ccc(Cl)cc23)C1. The Bertz CT molecular complexity index is 916. The predicted octanol–water partition coefficient (Wildman–Crippen LogP) is 3.61. The molecule has 1 aromatic carbocycles. The maximum atomic E-state index is 12.5. The van der Waals surface area contributed by atoms with E-state index < -0.39 is 0 Å². The third kappa shape index (κ3) is 3.28. The second kappa shape index (κ2) is 6.69. The third-order valence-corrected chi connectivity index (χ3v) is 4.66. The van der Waals surface area contributed by atoms with Gasteiger partial charge in [0.05, 0.1) is 5.52 Å². The topological polar surface area (TPSA) is 58.1 Å². The average molecular weight is 353 g/mol. The number of rotatable bonds is 3. The molecule has 126 valence electrons. The molecule has 1 atom stereocenters. The predicted molar refractivity (Wildman–Crippen MR) is 98.9 cm³/mol. The molecule has 0 bridgehead atoms. The van der Waals surface area contributed by atoms with Crippen LogP contribution < -0.4 is 5.32 Å². The van der Waals surface area contributed by atoms with Gasteiger partial charge in [0.25, 0.3) is 5.91 Å². The molecule has 1 fully saturated rings. The van der Waals surface area contributed by atoms with Gasteiger partial charge in [0.15, 0.2) is 0 Å². The van der Waals surface area contributed by atoms with Crippen molar-refractivity contribution >= 4 is 34.1 Å². The number of hydrogen-bond acceptors (Lipinski definition) is 4. The number of carbonyl (C=O) groups excluding carboxylic acids is 1. The van der Waals surface area contributed by atoms with Crippen LogP contribution in [0.2, 0.25) is 5.02 Å². The monoisotopic (exact) mass is 352 g/mol. The summed E-state index contributed by atoms with van der Waals surface area (Å²) < 4.78 is 0. The van der Waals surface area contributed by atoms with Gasteiger partial charge in [-0.25, -0.2) is 0 Å².